The van der Waals surface area contributed by atoms with Crippen molar-refractivity contribution in [3.05, 3.63) is 4.91 Å². The summed E-state index contributed by atoms with van der Waals surface area (Å²) in [5, 5.41) is 69.7. The third-order valence-electron chi connectivity index (χ3n) is 4.12. The average molecular weight is 371 g/mol. The van der Waals surface area contributed by atoms with E-state index in [1.54, 1.807) is 0 Å². The zero-order valence-corrected chi connectivity index (χ0v) is 12.8. The molecular formula is C12H21NO12. The number of hydrogen-bond donors (Lipinski definition) is 7. The van der Waals surface area contributed by atoms with E-state index in [0.717, 1.165) is 0 Å². The van der Waals surface area contributed by atoms with Crippen LogP contribution in [0.4, 0.5) is 0 Å². The maximum atomic E-state index is 10.3. The summed E-state index contributed by atoms with van der Waals surface area (Å²) in [7, 11) is 0. The molecule has 0 aromatic heterocycles. The summed E-state index contributed by atoms with van der Waals surface area (Å²) in [4.78, 5) is 14.6. The first kappa shape index (κ1) is 20.3. The molecule has 0 radical (unpaired) electrons. The number of hydrogen-bond acceptors (Lipinski definition) is 13. The summed E-state index contributed by atoms with van der Waals surface area (Å²) in [5.41, 5.74) is 0. The van der Waals surface area contributed by atoms with Crippen LogP contribution in [0.5, 0.6) is 0 Å². The summed E-state index contributed by atoms with van der Waals surface area (Å²) in [6.45, 7) is -1.43. The Morgan fingerprint density at radius 2 is 1.44 bits per heavy atom. The van der Waals surface area contributed by atoms with Crippen molar-refractivity contribution in [1.29, 1.82) is 0 Å². The topological polar surface area (TPSA) is 208 Å². The van der Waals surface area contributed by atoms with Crippen LogP contribution in [0.3, 0.4) is 0 Å². The molecule has 0 unspecified atom stereocenters. The molecule has 0 saturated carbocycles. The summed E-state index contributed by atoms with van der Waals surface area (Å²) in [6, 6.07) is 0. The molecule has 10 atom stereocenters. The minimum atomic E-state index is -1.77. The molecule has 2 aliphatic heterocycles. The molecule has 0 bridgehead atoms. The van der Waals surface area contributed by atoms with E-state index >= 15 is 0 Å². The van der Waals surface area contributed by atoms with Crippen LogP contribution in [-0.4, -0.2) is 110 Å². The smallest absolute Gasteiger partial charge is 0.189 e. The second-order valence-corrected chi connectivity index (χ2v) is 5.68. The second kappa shape index (κ2) is 8.59. The maximum Gasteiger partial charge on any atom is 0.189 e. The van der Waals surface area contributed by atoms with Crippen LogP contribution >= 0.6 is 0 Å². The van der Waals surface area contributed by atoms with Gasteiger partial charge in [-0.2, -0.15) is 0 Å². The van der Waals surface area contributed by atoms with E-state index in [1.165, 1.54) is 0 Å². The van der Waals surface area contributed by atoms with Crippen LogP contribution < -0.4 is 0 Å². The molecule has 25 heavy (non-hydrogen) atoms. The highest BCUT2D eigenvalue weighted by atomic mass is 16.8. The van der Waals surface area contributed by atoms with E-state index in [1.807, 2.05) is 0 Å². The SMILES string of the molecule is O=NO[C@@H]1[C@@H](O)[C@@H](O[C@H]2[C@H](O)[C@@H](O)[C@H](O)O[C@@H]2CO)O[C@H](CO)[C@H]1O. The molecule has 13 heteroatoms. The van der Waals surface area contributed by atoms with Gasteiger partial charge in [-0.25, -0.2) is 0 Å². The highest BCUT2D eigenvalue weighted by Gasteiger charge is 2.51. The van der Waals surface area contributed by atoms with Gasteiger partial charge in [-0.3, -0.25) is 0 Å². The van der Waals surface area contributed by atoms with Crippen LogP contribution in [0.2, 0.25) is 0 Å². The van der Waals surface area contributed by atoms with E-state index in [-0.39, 0.29) is 0 Å². The van der Waals surface area contributed by atoms with Gasteiger partial charge in [-0.1, -0.05) is 0 Å². The zero-order valence-electron chi connectivity index (χ0n) is 12.8. The lowest BCUT2D eigenvalue weighted by atomic mass is 9.97. The highest BCUT2D eigenvalue weighted by Crippen LogP contribution is 2.29. The second-order valence-electron chi connectivity index (χ2n) is 5.68. The van der Waals surface area contributed by atoms with Crippen LogP contribution in [0.25, 0.3) is 0 Å². The van der Waals surface area contributed by atoms with Gasteiger partial charge in [0.2, 0.25) is 0 Å². The molecule has 2 aliphatic rings. The molecule has 0 aliphatic carbocycles. The fourth-order valence-electron chi connectivity index (χ4n) is 2.73. The van der Waals surface area contributed by atoms with Gasteiger partial charge in [0.05, 0.1) is 13.2 Å². The number of rotatable bonds is 6. The molecule has 146 valence electrons. The third-order valence-corrected chi connectivity index (χ3v) is 4.12. The summed E-state index contributed by atoms with van der Waals surface area (Å²) < 4.78 is 15.4. The van der Waals surface area contributed by atoms with Crippen molar-refractivity contribution >= 4 is 0 Å². The van der Waals surface area contributed by atoms with Gasteiger partial charge >= 0.3 is 0 Å². The highest BCUT2D eigenvalue weighted by molar-refractivity contribution is 4.94. The molecule has 0 aromatic rings. The summed E-state index contributed by atoms with van der Waals surface area (Å²) in [5.74, 6) is 0. The van der Waals surface area contributed by atoms with Crippen molar-refractivity contribution < 1.29 is 54.8 Å². The fraction of sp³-hybridized carbons (Fsp3) is 1.00. The minimum Gasteiger partial charge on any atom is -0.394 e. The summed E-state index contributed by atoms with van der Waals surface area (Å²) >= 11 is 0. The Kier molecular flexibility index (Phi) is 6.98. The number of aliphatic hydroxyl groups is 7. The minimum absolute atomic E-state index is 0.712. The Balaban J connectivity index is 2.16. The summed E-state index contributed by atoms with van der Waals surface area (Å²) in [6.07, 6.45) is -15.9. The first-order chi connectivity index (χ1) is 11.8. The lowest BCUT2D eigenvalue weighted by molar-refractivity contribution is -0.357. The zero-order chi connectivity index (χ0) is 18.7. The lowest BCUT2D eigenvalue weighted by Gasteiger charge is -2.45. The van der Waals surface area contributed by atoms with E-state index in [2.05, 4.69) is 10.2 Å². The molecule has 2 heterocycles. The van der Waals surface area contributed by atoms with Gasteiger partial charge in [-0.05, 0) is 0 Å². The largest absolute Gasteiger partial charge is 0.394 e. The van der Waals surface area contributed by atoms with Crippen LogP contribution in [0.15, 0.2) is 5.34 Å². The Morgan fingerprint density at radius 1 is 0.800 bits per heavy atom. The van der Waals surface area contributed by atoms with Crippen LogP contribution in [0, 0.1) is 4.91 Å². The molecule has 2 saturated heterocycles. The van der Waals surface area contributed by atoms with Crippen molar-refractivity contribution in [3.63, 3.8) is 0 Å². The molecule has 2 rings (SSSR count). The third kappa shape index (κ3) is 4.06. The van der Waals surface area contributed by atoms with Gasteiger partial charge < -0.3 is 54.8 Å². The lowest BCUT2D eigenvalue weighted by Crippen LogP contribution is -2.64. The average Bonchev–Trinajstić information content (AvgIpc) is 2.60. The first-order valence-corrected chi connectivity index (χ1v) is 7.42. The Labute approximate surface area is 140 Å². The van der Waals surface area contributed by atoms with Gasteiger partial charge in [0.25, 0.3) is 0 Å². The molecule has 0 aromatic carbocycles. The number of aliphatic hydroxyl groups excluding tert-OH is 7. The molecule has 7 N–H and O–H groups in total. The normalized spacial score (nSPS) is 48.1. The first-order valence-electron chi connectivity index (χ1n) is 7.42. The van der Waals surface area contributed by atoms with E-state index < -0.39 is 74.6 Å². The van der Waals surface area contributed by atoms with E-state index in [4.69, 9.17) is 14.2 Å². The quantitative estimate of drug-likeness (QED) is 0.174. The van der Waals surface area contributed by atoms with Gasteiger partial charge in [0.1, 0.15) is 42.7 Å². The molecular weight excluding hydrogens is 350 g/mol. The predicted molar refractivity (Wildman–Crippen MR) is 73.3 cm³/mol. The number of ether oxygens (including phenoxy) is 3. The Morgan fingerprint density at radius 3 is 2.00 bits per heavy atom. The van der Waals surface area contributed by atoms with Crippen molar-refractivity contribution in [2.75, 3.05) is 13.2 Å². The predicted octanol–water partition coefficient (Wildman–Crippen LogP) is -4.69. The number of nitrogens with zero attached hydrogens (tertiary/aromatic N) is 1. The van der Waals surface area contributed by atoms with Crippen LogP contribution in [-0.2, 0) is 19.0 Å². The Hall–Kier alpha value is -1.00. The van der Waals surface area contributed by atoms with Crippen molar-refractivity contribution in [2.24, 2.45) is 5.34 Å². The van der Waals surface area contributed by atoms with Gasteiger partial charge in [-0.15, -0.1) is 4.91 Å². The van der Waals surface area contributed by atoms with Crippen molar-refractivity contribution in [3.8, 4) is 0 Å². The van der Waals surface area contributed by atoms with Gasteiger partial charge in [0, 0.05) is 0 Å². The Bertz CT molecular complexity index is 438. The van der Waals surface area contributed by atoms with E-state index in [0.29, 0.717) is 0 Å². The molecule has 0 amide bonds. The van der Waals surface area contributed by atoms with Crippen LogP contribution in [0.1, 0.15) is 0 Å². The monoisotopic (exact) mass is 371 g/mol. The molecule has 0 spiro atoms. The molecule has 2 fully saturated rings. The van der Waals surface area contributed by atoms with Gasteiger partial charge in [0.15, 0.2) is 24.0 Å². The van der Waals surface area contributed by atoms with E-state index in [9.17, 15) is 40.7 Å². The van der Waals surface area contributed by atoms with Crippen molar-refractivity contribution in [1.82, 2.24) is 0 Å². The molecule has 13 nitrogen and oxygen atoms in total. The van der Waals surface area contributed by atoms with Crippen molar-refractivity contribution in [2.45, 2.75) is 61.4 Å². The standard InChI is InChI=1S/C12H21NO12/c14-1-3-5(16)10(25-13-21)8(19)12(23-3)24-9-4(2-15)22-11(20)7(18)6(9)17/h3-12,14-20H,1-2H2/t3-,4-,5-,6-,7-,8-,9-,10+,11-,12-/m1/s1. The fourth-order valence-corrected chi connectivity index (χ4v) is 2.73. The maximum absolute atomic E-state index is 10.3.